The van der Waals surface area contributed by atoms with E-state index in [2.05, 4.69) is 39.4 Å². The highest BCUT2D eigenvalue weighted by Gasteiger charge is 2.16. The third kappa shape index (κ3) is 5.41. The van der Waals surface area contributed by atoms with E-state index in [-0.39, 0.29) is 12.5 Å². The number of benzene rings is 2. The smallest absolute Gasteiger partial charge is 0.394 e. The second kappa shape index (κ2) is 10.2. The van der Waals surface area contributed by atoms with Crippen LogP contribution in [0.15, 0.2) is 67.0 Å². The standard InChI is InChI=1S/C26H27N5O3/c1-16-9-10-21(11-17(16)2)29-25-28-13-18(3)24(31-25)20-12-23(27-14-20)34-26(33)30-22(15-32)19-7-5-4-6-8-19/h4-14,22,27,32H,15H2,1-3H3,(H,30,33)(H,28,29,31). The first-order valence-corrected chi connectivity index (χ1v) is 10.9. The number of aliphatic hydroxyl groups is 1. The summed E-state index contributed by atoms with van der Waals surface area (Å²) in [5.74, 6) is 0.734. The normalized spacial score (nSPS) is 11.6. The van der Waals surface area contributed by atoms with Gasteiger partial charge in [-0.25, -0.2) is 14.8 Å². The van der Waals surface area contributed by atoms with Crippen molar-refractivity contribution in [2.45, 2.75) is 26.8 Å². The summed E-state index contributed by atoms with van der Waals surface area (Å²) >= 11 is 0. The molecule has 0 saturated carbocycles. The molecule has 2 heterocycles. The molecule has 0 saturated heterocycles. The fourth-order valence-corrected chi connectivity index (χ4v) is 3.50. The number of aromatic amines is 1. The summed E-state index contributed by atoms with van der Waals surface area (Å²) in [5, 5.41) is 15.6. The minimum Gasteiger partial charge on any atom is -0.394 e. The van der Waals surface area contributed by atoms with Crippen LogP contribution in [0.3, 0.4) is 0 Å². The molecule has 1 amide bonds. The topological polar surface area (TPSA) is 112 Å². The molecule has 4 rings (SSSR count). The van der Waals surface area contributed by atoms with E-state index in [9.17, 15) is 9.90 Å². The number of nitrogens with one attached hydrogen (secondary N) is 3. The van der Waals surface area contributed by atoms with E-state index in [0.717, 1.165) is 22.4 Å². The number of amides is 1. The number of hydrogen-bond donors (Lipinski definition) is 4. The van der Waals surface area contributed by atoms with Crippen LogP contribution in [-0.4, -0.2) is 32.8 Å². The monoisotopic (exact) mass is 457 g/mol. The van der Waals surface area contributed by atoms with Gasteiger partial charge in [-0.3, -0.25) is 0 Å². The summed E-state index contributed by atoms with van der Waals surface area (Å²) in [6.07, 6.45) is 2.80. The zero-order valence-electron chi connectivity index (χ0n) is 19.3. The van der Waals surface area contributed by atoms with Gasteiger partial charge in [-0.1, -0.05) is 36.4 Å². The molecule has 4 aromatic rings. The number of ether oxygens (including phenoxy) is 1. The number of aromatic nitrogens is 3. The van der Waals surface area contributed by atoms with Crippen LogP contribution in [0.25, 0.3) is 11.3 Å². The molecule has 174 valence electrons. The van der Waals surface area contributed by atoms with Gasteiger partial charge in [-0.05, 0) is 55.2 Å². The molecule has 34 heavy (non-hydrogen) atoms. The summed E-state index contributed by atoms with van der Waals surface area (Å²) in [5.41, 5.74) is 6.44. The number of aliphatic hydroxyl groups excluding tert-OH is 1. The molecule has 1 unspecified atom stereocenters. The van der Waals surface area contributed by atoms with Crippen LogP contribution in [0, 0.1) is 20.8 Å². The number of carbonyl (C=O) groups is 1. The van der Waals surface area contributed by atoms with E-state index >= 15 is 0 Å². The zero-order chi connectivity index (χ0) is 24.1. The molecule has 0 aliphatic carbocycles. The molecule has 0 bridgehead atoms. The van der Waals surface area contributed by atoms with Gasteiger partial charge in [0, 0.05) is 29.7 Å². The van der Waals surface area contributed by atoms with Crippen molar-refractivity contribution >= 4 is 17.7 Å². The molecule has 2 aromatic heterocycles. The number of carbonyl (C=O) groups excluding carboxylic acids is 1. The number of nitrogens with zero attached hydrogens (tertiary/aromatic N) is 2. The number of aryl methyl sites for hydroxylation is 3. The van der Waals surface area contributed by atoms with E-state index < -0.39 is 12.1 Å². The second-order valence-electron chi connectivity index (χ2n) is 8.08. The fourth-order valence-electron chi connectivity index (χ4n) is 3.50. The maximum absolute atomic E-state index is 12.4. The van der Waals surface area contributed by atoms with Crippen LogP contribution < -0.4 is 15.4 Å². The van der Waals surface area contributed by atoms with Crippen molar-refractivity contribution in [1.29, 1.82) is 0 Å². The molecule has 0 fully saturated rings. The lowest BCUT2D eigenvalue weighted by Gasteiger charge is -2.15. The Morgan fingerprint density at radius 3 is 2.59 bits per heavy atom. The second-order valence-corrected chi connectivity index (χ2v) is 8.08. The van der Waals surface area contributed by atoms with Gasteiger partial charge in [-0.15, -0.1) is 0 Å². The van der Waals surface area contributed by atoms with Gasteiger partial charge in [0.2, 0.25) is 11.8 Å². The molecule has 2 aromatic carbocycles. The van der Waals surface area contributed by atoms with Gasteiger partial charge in [0.05, 0.1) is 18.3 Å². The van der Waals surface area contributed by atoms with Gasteiger partial charge in [0.25, 0.3) is 0 Å². The Labute approximate surface area is 198 Å². The molecule has 0 spiro atoms. The van der Waals surface area contributed by atoms with Crippen LogP contribution in [-0.2, 0) is 0 Å². The maximum atomic E-state index is 12.4. The van der Waals surface area contributed by atoms with Crippen LogP contribution in [0.2, 0.25) is 0 Å². The fraction of sp³-hybridized carbons (Fsp3) is 0.192. The number of hydrogen-bond acceptors (Lipinski definition) is 6. The molecular weight excluding hydrogens is 430 g/mol. The largest absolute Gasteiger partial charge is 0.414 e. The first-order valence-electron chi connectivity index (χ1n) is 10.9. The predicted molar refractivity (Wildman–Crippen MR) is 131 cm³/mol. The Kier molecular flexibility index (Phi) is 6.89. The molecule has 8 nitrogen and oxygen atoms in total. The average Bonchev–Trinajstić information content (AvgIpc) is 3.29. The zero-order valence-corrected chi connectivity index (χ0v) is 19.3. The Bertz CT molecular complexity index is 1290. The Morgan fingerprint density at radius 1 is 1.06 bits per heavy atom. The minimum absolute atomic E-state index is 0.245. The van der Waals surface area contributed by atoms with Crippen molar-refractivity contribution in [3.63, 3.8) is 0 Å². The first-order chi connectivity index (χ1) is 16.4. The van der Waals surface area contributed by atoms with Crippen molar-refractivity contribution in [2.75, 3.05) is 11.9 Å². The average molecular weight is 458 g/mol. The maximum Gasteiger partial charge on any atom is 0.414 e. The van der Waals surface area contributed by atoms with Gasteiger partial charge in [-0.2, -0.15) is 0 Å². The van der Waals surface area contributed by atoms with Crippen molar-refractivity contribution in [1.82, 2.24) is 20.3 Å². The molecule has 0 aliphatic heterocycles. The molecule has 8 heteroatoms. The Hall–Kier alpha value is -4.17. The SMILES string of the molecule is Cc1ccc(Nc2ncc(C)c(-c3c[nH]c(OC(=O)NC(CO)c4ccccc4)c3)n2)cc1C. The number of rotatable bonds is 7. The molecule has 0 radical (unpaired) electrons. The highest BCUT2D eigenvalue weighted by molar-refractivity contribution is 5.72. The molecule has 1 atom stereocenters. The van der Waals surface area contributed by atoms with Crippen LogP contribution in [0.5, 0.6) is 5.88 Å². The van der Waals surface area contributed by atoms with Gasteiger partial charge < -0.3 is 25.5 Å². The molecular formula is C26H27N5O3. The minimum atomic E-state index is -0.673. The first kappa shape index (κ1) is 23.0. The lowest BCUT2D eigenvalue weighted by molar-refractivity contribution is 0.182. The van der Waals surface area contributed by atoms with Crippen LogP contribution in [0.4, 0.5) is 16.4 Å². The van der Waals surface area contributed by atoms with E-state index in [1.807, 2.05) is 55.5 Å². The lowest BCUT2D eigenvalue weighted by Crippen LogP contribution is -2.33. The quantitative estimate of drug-likeness (QED) is 0.312. The summed E-state index contributed by atoms with van der Waals surface area (Å²) in [4.78, 5) is 24.4. The molecule has 0 aliphatic rings. The Morgan fingerprint density at radius 2 is 1.85 bits per heavy atom. The van der Waals surface area contributed by atoms with Gasteiger partial charge in [0.15, 0.2) is 0 Å². The number of H-pyrrole nitrogens is 1. The summed E-state index contributed by atoms with van der Waals surface area (Å²) in [6.45, 7) is 5.80. The Balaban J connectivity index is 1.46. The summed E-state index contributed by atoms with van der Waals surface area (Å²) in [7, 11) is 0. The van der Waals surface area contributed by atoms with Crippen molar-refractivity contribution in [3.8, 4) is 17.1 Å². The predicted octanol–water partition coefficient (Wildman–Crippen LogP) is 4.96. The van der Waals surface area contributed by atoms with Crippen molar-refractivity contribution < 1.29 is 14.6 Å². The van der Waals surface area contributed by atoms with Crippen molar-refractivity contribution in [2.24, 2.45) is 0 Å². The third-order valence-electron chi connectivity index (χ3n) is 5.54. The molecule has 4 N–H and O–H groups in total. The third-order valence-corrected chi connectivity index (χ3v) is 5.54. The number of anilines is 2. The van der Waals surface area contributed by atoms with Gasteiger partial charge >= 0.3 is 6.09 Å². The van der Waals surface area contributed by atoms with E-state index in [4.69, 9.17) is 4.74 Å². The lowest BCUT2D eigenvalue weighted by atomic mass is 10.1. The summed E-state index contributed by atoms with van der Waals surface area (Å²) in [6, 6.07) is 16.4. The van der Waals surface area contributed by atoms with E-state index in [1.54, 1.807) is 18.5 Å². The van der Waals surface area contributed by atoms with Crippen LogP contribution >= 0.6 is 0 Å². The van der Waals surface area contributed by atoms with Gasteiger partial charge in [0.1, 0.15) is 0 Å². The van der Waals surface area contributed by atoms with E-state index in [0.29, 0.717) is 11.6 Å². The highest BCUT2D eigenvalue weighted by Crippen LogP contribution is 2.27. The van der Waals surface area contributed by atoms with Crippen LogP contribution in [0.1, 0.15) is 28.3 Å². The summed E-state index contributed by atoms with van der Waals surface area (Å²) < 4.78 is 5.38. The van der Waals surface area contributed by atoms with Crippen molar-refractivity contribution in [3.05, 3.63) is 89.2 Å². The highest BCUT2D eigenvalue weighted by atomic mass is 16.6. The van der Waals surface area contributed by atoms with E-state index in [1.165, 1.54) is 11.1 Å².